The van der Waals surface area contributed by atoms with E-state index in [9.17, 15) is 14.9 Å². The minimum atomic E-state index is -0.461. The highest BCUT2D eigenvalue weighted by Gasteiger charge is 2.21. The number of esters is 1. The lowest BCUT2D eigenvalue weighted by atomic mass is 10.1. The molecule has 7 heteroatoms. The smallest absolute Gasteiger partial charge is 0.341 e. The fraction of sp³-hybridized carbons (Fsp3) is 0.286. The highest BCUT2D eigenvalue weighted by molar-refractivity contribution is 5.92. The van der Waals surface area contributed by atoms with Crippen molar-refractivity contribution in [1.82, 2.24) is 9.78 Å². The van der Waals surface area contributed by atoms with Gasteiger partial charge in [-0.15, -0.1) is 0 Å². The molecule has 0 fully saturated rings. The minimum Gasteiger partial charge on any atom is -0.465 e. The number of rotatable bonds is 4. The summed E-state index contributed by atoms with van der Waals surface area (Å²) in [5.41, 5.74) is 2.39. The molecule has 110 valence electrons. The number of nitrogens with zero attached hydrogens (tertiary/aromatic N) is 3. The van der Waals surface area contributed by atoms with Crippen molar-refractivity contribution in [2.24, 2.45) is 0 Å². The first-order chi connectivity index (χ1) is 9.99. The number of nitro benzene ring substituents is 1. The Kier molecular flexibility index (Phi) is 4.02. The summed E-state index contributed by atoms with van der Waals surface area (Å²) in [4.78, 5) is 22.0. The Labute approximate surface area is 121 Å². The van der Waals surface area contributed by atoms with Crippen LogP contribution in [0.3, 0.4) is 0 Å². The maximum atomic E-state index is 11.8. The number of carbonyl (C=O) groups is 1. The van der Waals surface area contributed by atoms with Gasteiger partial charge < -0.3 is 4.74 Å². The molecule has 0 aliphatic heterocycles. The maximum Gasteiger partial charge on any atom is 0.341 e. The Balaban J connectivity index is 2.51. The summed E-state index contributed by atoms with van der Waals surface area (Å²) < 4.78 is 6.37. The van der Waals surface area contributed by atoms with Crippen LogP contribution in [0.4, 0.5) is 5.69 Å². The Morgan fingerprint density at radius 3 is 2.48 bits per heavy atom. The van der Waals surface area contributed by atoms with E-state index in [1.165, 1.54) is 19.2 Å². The highest BCUT2D eigenvalue weighted by Crippen LogP contribution is 2.21. The Hall–Kier alpha value is -2.70. The fourth-order valence-corrected chi connectivity index (χ4v) is 2.14. The predicted octanol–water partition coefficient (Wildman–Crippen LogP) is 2.44. The van der Waals surface area contributed by atoms with Crippen molar-refractivity contribution in [3.63, 3.8) is 0 Å². The van der Waals surface area contributed by atoms with E-state index in [4.69, 9.17) is 4.74 Å². The van der Waals surface area contributed by atoms with Crippen molar-refractivity contribution in [3.05, 3.63) is 51.3 Å². The average Bonchev–Trinajstić information content (AvgIpc) is 2.83. The summed E-state index contributed by atoms with van der Waals surface area (Å²) in [7, 11) is 1.32. The third kappa shape index (κ3) is 2.62. The fourth-order valence-electron chi connectivity index (χ4n) is 2.14. The van der Waals surface area contributed by atoms with Crippen molar-refractivity contribution >= 4 is 11.7 Å². The molecule has 1 aromatic heterocycles. The quantitative estimate of drug-likeness (QED) is 0.490. The van der Waals surface area contributed by atoms with Crippen LogP contribution in [0.5, 0.6) is 0 Å². The zero-order valence-corrected chi connectivity index (χ0v) is 12.0. The second-order valence-corrected chi connectivity index (χ2v) is 4.44. The van der Waals surface area contributed by atoms with Gasteiger partial charge in [0.05, 0.1) is 29.1 Å². The molecule has 0 aliphatic rings. The average molecular weight is 289 g/mol. The van der Waals surface area contributed by atoms with Crippen molar-refractivity contribution in [2.75, 3.05) is 7.11 Å². The van der Waals surface area contributed by atoms with E-state index < -0.39 is 10.9 Å². The van der Waals surface area contributed by atoms with Crippen LogP contribution in [0.1, 0.15) is 28.7 Å². The molecule has 2 rings (SSSR count). The van der Waals surface area contributed by atoms with Gasteiger partial charge >= 0.3 is 5.97 Å². The number of nitro groups is 1. The van der Waals surface area contributed by atoms with E-state index in [1.54, 1.807) is 23.7 Å². The number of methoxy groups -OCH3 is 1. The molecule has 7 nitrogen and oxygen atoms in total. The lowest BCUT2D eigenvalue weighted by Gasteiger charge is -2.04. The largest absolute Gasteiger partial charge is 0.465 e. The molecular weight excluding hydrogens is 274 g/mol. The molecule has 2 aromatic rings. The number of aromatic nitrogens is 2. The van der Waals surface area contributed by atoms with Gasteiger partial charge in [0.25, 0.3) is 5.69 Å². The van der Waals surface area contributed by atoms with Gasteiger partial charge in [-0.2, -0.15) is 5.10 Å². The van der Waals surface area contributed by atoms with Crippen LogP contribution < -0.4 is 0 Å². The van der Waals surface area contributed by atoms with E-state index in [0.29, 0.717) is 29.1 Å². The van der Waals surface area contributed by atoms with E-state index in [0.717, 1.165) is 0 Å². The molecule has 0 N–H and O–H groups in total. The van der Waals surface area contributed by atoms with E-state index >= 15 is 0 Å². The third-order valence-corrected chi connectivity index (χ3v) is 3.22. The van der Waals surface area contributed by atoms with Crippen LogP contribution in [0, 0.1) is 17.0 Å². The molecule has 0 atom stereocenters. The van der Waals surface area contributed by atoms with Crippen molar-refractivity contribution in [2.45, 2.75) is 20.3 Å². The highest BCUT2D eigenvalue weighted by atomic mass is 16.6. The Morgan fingerprint density at radius 2 is 2.00 bits per heavy atom. The first-order valence-electron chi connectivity index (χ1n) is 6.41. The summed E-state index contributed by atoms with van der Waals surface area (Å²) in [5.74, 6) is -0.433. The maximum absolute atomic E-state index is 11.8. The van der Waals surface area contributed by atoms with Crippen LogP contribution >= 0.6 is 0 Å². The normalized spacial score (nSPS) is 10.4. The van der Waals surface area contributed by atoms with E-state index in [2.05, 4.69) is 5.10 Å². The molecule has 1 aromatic carbocycles. The van der Waals surface area contributed by atoms with Crippen LogP contribution in [0.2, 0.25) is 0 Å². The molecule has 0 saturated heterocycles. The minimum absolute atomic E-state index is 0.00691. The lowest BCUT2D eigenvalue weighted by Crippen LogP contribution is -2.06. The van der Waals surface area contributed by atoms with Crippen molar-refractivity contribution in [3.8, 4) is 5.69 Å². The zero-order valence-electron chi connectivity index (χ0n) is 12.0. The summed E-state index contributed by atoms with van der Waals surface area (Å²) >= 11 is 0. The van der Waals surface area contributed by atoms with Crippen molar-refractivity contribution in [1.29, 1.82) is 0 Å². The van der Waals surface area contributed by atoms with Crippen LogP contribution in [0.15, 0.2) is 24.3 Å². The summed E-state index contributed by atoms with van der Waals surface area (Å²) in [6.45, 7) is 3.66. The number of non-ortho nitro benzene ring substituents is 1. The van der Waals surface area contributed by atoms with E-state index in [-0.39, 0.29) is 5.69 Å². The second kappa shape index (κ2) is 5.74. The molecular formula is C14H15N3O4. The van der Waals surface area contributed by atoms with Gasteiger partial charge in [0.1, 0.15) is 5.56 Å². The molecule has 0 saturated carbocycles. The zero-order chi connectivity index (χ0) is 15.6. The molecule has 21 heavy (non-hydrogen) atoms. The molecule has 0 radical (unpaired) electrons. The molecule has 0 unspecified atom stereocenters. The third-order valence-electron chi connectivity index (χ3n) is 3.22. The Morgan fingerprint density at radius 1 is 1.38 bits per heavy atom. The number of ether oxygens (including phenoxy) is 1. The monoisotopic (exact) mass is 289 g/mol. The lowest BCUT2D eigenvalue weighted by molar-refractivity contribution is -0.384. The first-order valence-corrected chi connectivity index (χ1v) is 6.41. The number of hydrogen-bond donors (Lipinski definition) is 0. The van der Waals surface area contributed by atoms with Gasteiger partial charge in [-0.1, -0.05) is 6.92 Å². The number of carbonyl (C=O) groups excluding carboxylic acids is 1. The first kappa shape index (κ1) is 14.7. The van der Waals surface area contributed by atoms with Crippen LogP contribution in [0.25, 0.3) is 5.69 Å². The summed E-state index contributed by atoms with van der Waals surface area (Å²) in [6, 6.07) is 6.00. The van der Waals surface area contributed by atoms with Gasteiger partial charge in [-0.25, -0.2) is 9.48 Å². The van der Waals surface area contributed by atoms with Gasteiger partial charge in [-0.05, 0) is 25.5 Å². The van der Waals surface area contributed by atoms with E-state index in [1.807, 2.05) is 6.92 Å². The molecule has 0 aliphatic carbocycles. The van der Waals surface area contributed by atoms with Gasteiger partial charge in [0.2, 0.25) is 0 Å². The second-order valence-electron chi connectivity index (χ2n) is 4.44. The SMILES string of the molecule is CCc1nn(-c2ccc([N+](=O)[O-])cc2)c(C)c1C(=O)OC. The predicted molar refractivity (Wildman–Crippen MR) is 75.7 cm³/mol. The number of hydrogen-bond acceptors (Lipinski definition) is 5. The molecule has 0 spiro atoms. The van der Waals surface area contributed by atoms with Crippen LogP contribution in [-0.2, 0) is 11.2 Å². The Bertz CT molecular complexity index is 689. The summed E-state index contributed by atoms with van der Waals surface area (Å²) in [5, 5.41) is 15.1. The van der Waals surface area contributed by atoms with Crippen molar-refractivity contribution < 1.29 is 14.5 Å². The number of benzene rings is 1. The molecule has 0 amide bonds. The standard InChI is InChI=1S/C14H15N3O4/c1-4-12-13(14(18)21-3)9(2)16(15-12)10-5-7-11(8-6-10)17(19)20/h5-8H,4H2,1-3H3. The summed E-state index contributed by atoms with van der Waals surface area (Å²) in [6.07, 6.45) is 0.589. The van der Waals surface area contributed by atoms with Crippen LogP contribution in [-0.4, -0.2) is 27.8 Å². The topological polar surface area (TPSA) is 87.3 Å². The van der Waals surface area contributed by atoms with Gasteiger partial charge in [-0.3, -0.25) is 10.1 Å². The number of aryl methyl sites for hydroxylation is 1. The van der Waals surface area contributed by atoms with Gasteiger partial charge in [0, 0.05) is 12.1 Å². The molecule has 0 bridgehead atoms. The van der Waals surface area contributed by atoms with Gasteiger partial charge in [0.15, 0.2) is 0 Å². The molecule has 1 heterocycles.